The normalized spacial score (nSPS) is 17.4. The zero-order valence-electron chi connectivity index (χ0n) is 19.8. The summed E-state index contributed by atoms with van der Waals surface area (Å²) < 4.78 is 6.15. The highest BCUT2D eigenvalue weighted by Gasteiger charge is 2.48. The van der Waals surface area contributed by atoms with Crippen LogP contribution in [0.15, 0.2) is 66.2 Å². The van der Waals surface area contributed by atoms with Crippen molar-refractivity contribution in [2.24, 2.45) is 0 Å². The maximum atomic E-state index is 13.4. The topological polar surface area (TPSA) is 79.7 Å². The van der Waals surface area contributed by atoms with Crippen LogP contribution in [0.1, 0.15) is 33.9 Å². The van der Waals surface area contributed by atoms with Gasteiger partial charge in [0.1, 0.15) is 11.5 Å². The van der Waals surface area contributed by atoms with Crippen LogP contribution in [-0.4, -0.2) is 28.9 Å². The van der Waals surface area contributed by atoms with Crippen LogP contribution in [0.5, 0.6) is 5.75 Å². The third-order valence-corrected chi connectivity index (χ3v) is 7.29. The Morgan fingerprint density at radius 2 is 1.69 bits per heavy atom. The lowest BCUT2D eigenvalue weighted by Gasteiger charge is -2.23. The van der Waals surface area contributed by atoms with Gasteiger partial charge in [0.2, 0.25) is 0 Å². The first-order valence-corrected chi connectivity index (χ1v) is 12.0. The molecule has 7 heteroatoms. The number of thiazole rings is 1. The number of fused-ring (bicyclic) bond motifs is 1. The molecule has 1 unspecified atom stereocenters. The minimum Gasteiger partial charge on any atom is -0.507 e. The smallest absolute Gasteiger partial charge is 0.301 e. The molecule has 1 amide bonds. The number of aryl methyl sites for hydroxylation is 3. The molecule has 2 heterocycles. The van der Waals surface area contributed by atoms with E-state index in [9.17, 15) is 14.7 Å². The molecule has 1 N–H and O–H groups in total. The monoisotopic (exact) mass is 484 g/mol. The molecular formula is C28H24N2O4S. The highest BCUT2D eigenvalue weighted by atomic mass is 32.1. The number of ether oxygens (including phenoxy) is 1. The van der Waals surface area contributed by atoms with Crippen molar-refractivity contribution in [3.05, 3.63) is 94.1 Å². The van der Waals surface area contributed by atoms with Gasteiger partial charge in [0, 0.05) is 5.56 Å². The summed E-state index contributed by atoms with van der Waals surface area (Å²) in [6.07, 6.45) is 0. The number of aliphatic hydroxyl groups is 1. The summed E-state index contributed by atoms with van der Waals surface area (Å²) in [5, 5.41) is 11.8. The number of anilines is 1. The average molecular weight is 485 g/mol. The average Bonchev–Trinajstić information content (AvgIpc) is 3.38. The van der Waals surface area contributed by atoms with E-state index in [4.69, 9.17) is 4.74 Å². The number of amides is 1. The SMILES string of the molecule is COc1ccc2nc(N3C(=O)C(=O)/C(=C(/O)c4cc(C)ccc4C)C3c3ccc(C)cc3)sc2c1. The Balaban J connectivity index is 1.74. The van der Waals surface area contributed by atoms with Crippen LogP contribution in [0.2, 0.25) is 0 Å². The molecule has 176 valence electrons. The molecule has 3 aromatic carbocycles. The molecule has 1 fully saturated rings. The largest absolute Gasteiger partial charge is 0.507 e. The molecule has 0 bridgehead atoms. The van der Waals surface area contributed by atoms with Gasteiger partial charge in [-0.05, 0) is 56.2 Å². The number of aliphatic hydroxyl groups excluding tert-OH is 1. The van der Waals surface area contributed by atoms with E-state index in [1.165, 1.54) is 16.2 Å². The van der Waals surface area contributed by atoms with Gasteiger partial charge in [-0.2, -0.15) is 0 Å². The van der Waals surface area contributed by atoms with Crippen LogP contribution in [0.4, 0.5) is 5.13 Å². The second-order valence-corrected chi connectivity index (χ2v) is 9.74. The number of Topliss-reactive ketones (excluding diaryl/α,β-unsaturated/α-hetero) is 1. The fourth-order valence-electron chi connectivity index (χ4n) is 4.35. The van der Waals surface area contributed by atoms with Gasteiger partial charge in [-0.15, -0.1) is 0 Å². The van der Waals surface area contributed by atoms with Crippen molar-refractivity contribution in [3.8, 4) is 5.75 Å². The number of carbonyl (C=O) groups is 2. The van der Waals surface area contributed by atoms with Crippen LogP contribution in [0.25, 0.3) is 16.0 Å². The second kappa shape index (κ2) is 8.67. The number of carbonyl (C=O) groups excluding carboxylic acids is 2. The minimum atomic E-state index is -0.807. The summed E-state index contributed by atoms with van der Waals surface area (Å²) >= 11 is 1.30. The van der Waals surface area contributed by atoms with Gasteiger partial charge < -0.3 is 9.84 Å². The number of methoxy groups -OCH3 is 1. The van der Waals surface area contributed by atoms with E-state index in [1.54, 1.807) is 13.2 Å². The van der Waals surface area contributed by atoms with Gasteiger partial charge in [0.25, 0.3) is 5.78 Å². The maximum Gasteiger partial charge on any atom is 0.301 e. The van der Waals surface area contributed by atoms with E-state index >= 15 is 0 Å². The summed E-state index contributed by atoms with van der Waals surface area (Å²) in [5.41, 5.74) is 4.82. The zero-order chi connectivity index (χ0) is 24.9. The summed E-state index contributed by atoms with van der Waals surface area (Å²) in [6, 6.07) is 17.9. The fraction of sp³-hybridized carbons (Fsp3) is 0.179. The Labute approximate surface area is 207 Å². The molecule has 0 spiro atoms. The molecule has 4 aromatic rings. The van der Waals surface area contributed by atoms with E-state index < -0.39 is 17.7 Å². The number of hydrogen-bond donors (Lipinski definition) is 1. The number of benzene rings is 3. The third-order valence-electron chi connectivity index (χ3n) is 6.28. The van der Waals surface area contributed by atoms with E-state index in [-0.39, 0.29) is 11.3 Å². The predicted molar refractivity (Wildman–Crippen MR) is 138 cm³/mol. The first kappa shape index (κ1) is 22.8. The lowest BCUT2D eigenvalue weighted by molar-refractivity contribution is -0.132. The van der Waals surface area contributed by atoms with Crippen LogP contribution in [0, 0.1) is 20.8 Å². The van der Waals surface area contributed by atoms with Crippen LogP contribution in [0.3, 0.4) is 0 Å². The van der Waals surface area contributed by atoms with E-state index in [0.29, 0.717) is 22.0 Å². The summed E-state index contributed by atoms with van der Waals surface area (Å²) in [6.45, 7) is 5.76. The predicted octanol–water partition coefficient (Wildman–Crippen LogP) is 5.86. The molecule has 1 aliphatic heterocycles. The summed E-state index contributed by atoms with van der Waals surface area (Å²) in [7, 11) is 1.59. The standard InChI is InChI=1S/C28H24N2O4S/c1-15-6-9-18(10-7-15)24-23(25(31)20-13-16(2)5-8-17(20)3)26(32)27(33)30(24)28-29-21-12-11-19(34-4)14-22(21)35-28/h5-14,24,31H,1-4H3/b25-23+. The molecule has 1 aliphatic rings. The number of nitrogens with zero attached hydrogens (tertiary/aromatic N) is 2. The van der Waals surface area contributed by atoms with Gasteiger partial charge in [-0.25, -0.2) is 4.98 Å². The van der Waals surface area contributed by atoms with Gasteiger partial charge in [0.15, 0.2) is 5.13 Å². The Morgan fingerprint density at radius 3 is 2.40 bits per heavy atom. The third kappa shape index (κ3) is 3.88. The van der Waals surface area contributed by atoms with Crippen molar-refractivity contribution in [1.29, 1.82) is 0 Å². The van der Waals surface area contributed by atoms with Crippen LogP contribution < -0.4 is 9.64 Å². The van der Waals surface area contributed by atoms with Crippen LogP contribution >= 0.6 is 11.3 Å². The second-order valence-electron chi connectivity index (χ2n) is 8.73. The first-order chi connectivity index (χ1) is 16.8. The number of aromatic nitrogens is 1. The summed E-state index contributed by atoms with van der Waals surface area (Å²) in [5.74, 6) is -0.945. The van der Waals surface area contributed by atoms with Crippen molar-refractivity contribution in [2.75, 3.05) is 12.0 Å². The molecule has 1 saturated heterocycles. The zero-order valence-corrected chi connectivity index (χ0v) is 20.6. The molecule has 5 rings (SSSR count). The molecular weight excluding hydrogens is 460 g/mol. The molecule has 35 heavy (non-hydrogen) atoms. The first-order valence-electron chi connectivity index (χ1n) is 11.2. The van der Waals surface area contributed by atoms with Crippen molar-refractivity contribution < 1.29 is 19.4 Å². The van der Waals surface area contributed by atoms with Gasteiger partial charge in [-0.1, -0.05) is 58.9 Å². The molecule has 0 radical (unpaired) electrons. The number of hydrogen-bond acceptors (Lipinski definition) is 6. The Morgan fingerprint density at radius 1 is 0.971 bits per heavy atom. The van der Waals surface area contributed by atoms with Crippen molar-refractivity contribution in [3.63, 3.8) is 0 Å². The van der Waals surface area contributed by atoms with Crippen molar-refractivity contribution >= 4 is 44.1 Å². The molecule has 0 saturated carbocycles. The Hall–Kier alpha value is -3.97. The van der Waals surface area contributed by atoms with Crippen molar-refractivity contribution in [1.82, 2.24) is 4.98 Å². The highest BCUT2D eigenvalue weighted by molar-refractivity contribution is 7.22. The minimum absolute atomic E-state index is 0.0596. The quantitative estimate of drug-likeness (QED) is 0.223. The maximum absolute atomic E-state index is 13.4. The van der Waals surface area contributed by atoms with Crippen LogP contribution in [-0.2, 0) is 9.59 Å². The number of rotatable bonds is 4. The lowest BCUT2D eigenvalue weighted by atomic mass is 9.93. The molecule has 1 aromatic heterocycles. The van der Waals surface area contributed by atoms with E-state index in [0.717, 1.165) is 27.0 Å². The highest BCUT2D eigenvalue weighted by Crippen LogP contribution is 2.45. The summed E-state index contributed by atoms with van der Waals surface area (Å²) in [4.78, 5) is 32.9. The lowest BCUT2D eigenvalue weighted by Crippen LogP contribution is -2.29. The molecule has 0 aliphatic carbocycles. The Kier molecular flexibility index (Phi) is 5.65. The van der Waals surface area contributed by atoms with Gasteiger partial charge >= 0.3 is 5.91 Å². The van der Waals surface area contributed by atoms with E-state index in [2.05, 4.69) is 4.98 Å². The van der Waals surface area contributed by atoms with Crippen molar-refractivity contribution in [2.45, 2.75) is 26.8 Å². The van der Waals surface area contributed by atoms with Gasteiger partial charge in [0.05, 0.1) is 28.9 Å². The molecule has 1 atom stereocenters. The Bertz CT molecular complexity index is 1520. The van der Waals surface area contributed by atoms with Gasteiger partial charge in [-0.3, -0.25) is 14.5 Å². The molecule has 6 nitrogen and oxygen atoms in total. The number of ketones is 1. The fourth-order valence-corrected chi connectivity index (χ4v) is 5.37. The van der Waals surface area contributed by atoms with E-state index in [1.807, 2.05) is 75.4 Å².